The van der Waals surface area contributed by atoms with Crippen molar-refractivity contribution in [2.75, 3.05) is 31.1 Å². The number of tetrazole rings is 1. The van der Waals surface area contributed by atoms with Crippen LogP contribution in [0.3, 0.4) is 0 Å². The standard InChI is InChI=1S/C18H17FN10O2S/c19-15-3-2-13(12-14(15)18-23-25-26-24-18)32(30,31)28-10-8-27(9-11-28)16-4-5-17(22-21-16)29-7-1-6-20-29/h1-7,12H,8-11H2,(H,23,24,25,26). The smallest absolute Gasteiger partial charge is 0.243 e. The molecule has 0 aliphatic carbocycles. The lowest BCUT2D eigenvalue weighted by molar-refractivity contribution is 0.383. The fraction of sp³-hybridized carbons (Fsp3) is 0.222. The average molecular weight is 456 g/mol. The van der Waals surface area contributed by atoms with Gasteiger partial charge in [-0.25, -0.2) is 17.5 Å². The number of rotatable bonds is 5. The summed E-state index contributed by atoms with van der Waals surface area (Å²) < 4.78 is 43.4. The number of nitrogens with one attached hydrogen (secondary N) is 1. The van der Waals surface area contributed by atoms with Crippen molar-refractivity contribution < 1.29 is 12.8 Å². The lowest BCUT2D eigenvalue weighted by Gasteiger charge is -2.34. The van der Waals surface area contributed by atoms with E-state index in [-0.39, 0.29) is 29.4 Å². The normalized spacial score (nSPS) is 15.2. The molecule has 1 aliphatic rings. The third-order valence-corrected chi connectivity index (χ3v) is 6.99. The van der Waals surface area contributed by atoms with E-state index < -0.39 is 15.8 Å². The molecule has 0 bridgehead atoms. The van der Waals surface area contributed by atoms with Gasteiger partial charge in [-0.15, -0.1) is 20.4 Å². The first-order valence-corrected chi connectivity index (χ1v) is 11.1. The third-order valence-electron chi connectivity index (χ3n) is 5.10. The molecule has 1 saturated heterocycles. The highest BCUT2D eigenvalue weighted by molar-refractivity contribution is 7.89. The molecule has 32 heavy (non-hydrogen) atoms. The van der Waals surface area contributed by atoms with Crippen molar-refractivity contribution in [2.24, 2.45) is 0 Å². The molecule has 3 aromatic heterocycles. The lowest BCUT2D eigenvalue weighted by atomic mass is 10.2. The Bertz CT molecular complexity index is 1300. The first kappa shape index (κ1) is 20.1. The molecule has 4 aromatic rings. The topological polar surface area (TPSA) is 139 Å². The molecule has 0 unspecified atom stereocenters. The SMILES string of the molecule is O=S(=O)(c1ccc(F)c(-c2nn[nH]n2)c1)N1CCN(c2ccc(-n3cccn3)nn2)CC1. The molecule has 1 fully saturated rings. The molecule has 1 N–H and O–H groups in total. The maximum absolute atomic E-state index is 14.2. The van der Waals surface area contributed by atoms with Crippen LogP contribution < -0.4 is 4.90 Å². The third kappa shape index (κ3) is 3.69. The van der Waals surface area contributed by atoms with Gasteiger partial charge in [-0.1, -0.05) is 0 Å². The van der Waals surface area contributed by atoms with Gasteiger partial charge in [0.25, 0.3) is 0 Å². The van der Waals surface area contributed by atoms with Gasteiger partial charge < -0.3 is 4.90 Å². The van der Waals surface area contributed by atoms with Crippen molar-refractivity contribution >= 4 is 15.8 Å². The van der Waals surface area contributed by atoms with Crippen LogP contribution in [-0.2, 0) is 10.0 Å². The molecule has 4 heterocycles. The quantitative estimate of drug-likeness (QED) is 0.454. The van der Waals surface area contributed by atoms with E-state index >= 15 is 0 Å². The molecule has 164 valence electrons. The zero-order valence-corrected chi connectivity index (χ0v) is 17.4. The van der Waals surface area contributed by atoms with Crippen LogP contribution in [0.2, 0.25) is 0 Å². The number of sulfonamides is 1. The monoisotopic (exact) mass is 456 g/mol. The fourth-order valence-corrected chi connectivity index (χ4v) is 4.88. The van der Waals surface area contributed by atoms with Gasteiger partial charge in [0.05, 0.1) is 10.5 Å². The molecule has 14 heteroatoms. The fourth-order valence-electron chi connectivity index (χ4n) is 3.43. The second kappa shape index (κ2) is 8.05. The molecule has 5 rings (SSSR count). The molecule has 0 saturated carbocycles. The van der Waals surface area contributed by atoms with Gasteiger partial charge in [-0.3, -0.25) is 0 Å². The van der Waals surface area contributed by atoms with Crippen LogP contribution in [0.15, 0.2) is 53.7 Å². The first-order valence-electron chi connectivity index (χ1n) is 9.64. The van der Waals surface area contributed by atoms with Crippen molar-refractivity contribution in [3.63, 3.8) is 0 Å². The second-order valence-electron chi connectivity index (χ2n) is 6.97. The first-order chi connectivity index (χ1) is 15.5. The summed E-state index contributed by atoms with van der Waals surface area (Å²) in [5, 5.41) is 25.6. The van der Waals surface area contributed by atoms with Gasteiger partial charge in [0.15, 0.2) is 11.6 Å². The second-order valence-corrected chi connectivity index (χ2v) is 8.91. The number of nitrogens with zero attached hydrogens (tertiary/aromatic N) is 9. The molecule has 0 radical (unpaired) electrons. The Balaban J connectivity index is 1.30. The largest absolute Gasteiger partial charge is 0.352 e. The van der Waals surface area contributed by atoms with Crippen LogP contribution in [0.25, 0.3) is 17.2 Å². The number of H-pyrrole nitrogens is 1. The van der Waals surface area contributed by atoms with E-state index in [2.05, 4.69) is 35.9 Å². The molecule has 0 amide bonds. The van der Waals surface area contributed by atoms with Crippen molar-refractivity contribution in [1.82, 2.24) is 44.9 Å². The van der Waals surface area contributed by atoms with E-state index in [1.165, 1.54) is 16.4 Å². The van der Waals surface area contributed by atoms with Crippen LogP contribution in [0.4, 0.5) is 10.2 Å². The number of halogens is 1. The number of anilines is 1. The van der Waals surface area contributed by atoms with Gasteiger partial charge in [-0.2, -0.15) is 14.6 Å². The Kier molecular flexibility index (Phi) is 5.07. The van der Waals surface area contributed by atoms with Crippen LogP contribution in [-0.4, -0.2) is 79.5 Å². The maximum atomic E-state index is 14.2. The highest BCUT2D eigenvalue weighted by atomic mass is 32.2. The summed E-state index contributed by atoms with van der Waals surface area (Å²) in [6, 6.07) is 8.97. The highest BCUT2D eigenvalue weighted by Gasteiger charge is 2.30. The van der Waals surface area contributed by atoms with Gasteiger partial charge >= 0.3 is 0 Å². The summed E-state index contributed by atoms with van der Waals surface area (Å²) >= 11 is 0. The van der Waals surface area contributed by atoms with E-state index in [0.717, 1.165) is 6.07 Å². The Morgan fingerprint density at radius 2 is 1.75 bits per heavy atom. The number of piperazine rings is 1. The van der Waals surface area contributed by atoms with Crippen molar-refractivity contribution in [2.45, 2.75) is 4.90 Å². The highest BCUT2D eigenvalue weighted by Crippen LogP contribution is 2.25. The lowest BCUT2D eigenvalue weighted by Crippen LogP contribution is -2.49. The number of hydrogen-bond donors (Lipinski definition) is 1. The number of hydrogen-bond acceptors (Lipinski definition) is 9. The minimum Gasteiger partial charge on any atom is -0.352 e. The summed E-state index contributed by atoms with van der Waals surface area (Å²) in [5.74, 6) is 0.599. The minimum atomic E-state index is -3.83. The predicted molar refractivity (Wildman–Crippen MR) is 110 cm³/mol. The van der Waals surface area contributed by atoms with Crippen LogP contribution in [0, 0.1) is 5.82 Å². The van der Waals surface area contributed by atoms with Crippen molar-refractivity contribution in [1.29, 1.82) is 0 Å². The Morgan fingerprint density at radius 3 is 2.41 bits per heavy atom. The van der Waals surface area contributed by atoms with E-state index in [1.807, 2.05) is 11.0 Å². The molecule has 1 aliphatic heterocycles. The van der Waals surface area contributed by atoms with Gasteiger partial charge in [0.1, 0.15) is 5.82 Å². The molecule has 0 atom stereocenters. The molecular formula is C18H17FN10O2S. The molecule has 1 aromatic carbocycles. The molecule has 12 nitrogen and oxygen atoms in total. The van der Waals surface area contributed by atoms with Crippen LogP contribution >= 0.6 is 0 Å². The van der Waals surface area contributed by atoms with E-state index in [0.29, 0.717) is 24.7 Å². The Labute approximate surface area is 181 Å². The van der Waals surface area contributed by atoms with Gasteiger partial charge in [0, 0.05) is 38.6 Å². The molecular weight excluding hydrogens is 439 g/mol. The number of benzene rings is 1. The van der Waals surface area contributed by atoms with Crippen LogP contribution in [0.1, 0.15) is 0 Å². The zero-order valence-electron chi connectivity index (χ0n) is 16.6. The predicted octanol–water partition coefficient (Wildman–Crippen LogP) is 0.492. The summed E-state index contributed by atoms with van der Waals surface area (Å²) in [5.41, 5.74) is -0.0361. The maximum Gasteiger partial charge on any atom is 0.243 e. The zero-order chi connectivity index (χ0) is 22.1. The van der Waals surface area contributed by atoms with Crippen molar-refractivity contribution in [3.05, 3.63) is 54.6 Å². The van der Waals surface area contributed by atoms with Crippen LogP contribution in [0.5, 0.6) is 0 Å². The van der Waals surface area contributed by atoms with E-state index in [9.17, 15) is 12.8 Å². The van der Waals surface area contributed by atoms with Gasteiger partial charge in [-0.05, 0) is 41.6 Å². The average Bonchev–Trinajstić information content (AvgIpc) is 3.54. The Hall–Kier alpha value is -3.78. The van der Waals surface area contributed by atoms with Gasteiger partial charge in [0.2, 0.25) is 15.8 Å². The van der Waals surface area contributed by atoms with E-state index in [4.69, 9.17) is 0 Å². The summed E-state index contributed by atoms with van der Waals surface area (Å²) in [7, 11) is -3.83. The minimum absolute atomic E-state index is 0.0125. The summed E-state index contributed by atoms with van der Waals surface area (Å²) in [6.45, 7) is 1.38. The summed E-state index contributed by atoms with van der Waals surface area (Å²) in [6.07, 6.45) is 3.43. The summed E-state index contributed by atoms with van der Waals surface area (Å²) in [4.78, 5) is 1.93. The molecule has 0 spiro atoms. The number of aromatic amines is 1. The van der Waals surface area contributed by atoms with E-state index in [1.54, 1.807) is 29.2 Å². The van der Waals surface area contributed by atoms with Crippen molar-refractivity contribution in [3.8, 4) is 17.2 Å². The number of aromatic nitrogens is 8. The Morgan fingerprint density at radius 1 is 0.969 bits per heavy atom.